The van der Waals surface area contributed by atoms with Crippen molar-refractivity contribution in [2.45, 2.75) is 366 Å². The number of aliphatic hydroxyl groups excluding tert-OH is 1. The number of hydrogen-bond donors (Lipinski definition) is 3. The van der Waals surface area contributed by atoms with Gasteiger partial charge in [0.15, 0.2) is 0 Å². The van der Waals surface area contributed by atoms with E-state index in [9.17, 15) is 19.4 Å². The maximum absolute atomic E-state index is 13.0. The second-order valence-corrected chi connectivity index (χ2v) is 27.4. The minimum absolute atomic E-state index is 0.0572. The second kappa shape index (κ2) is 64.7. The van der Waals surface area contributed by atoms with E-state index in [1.54, 1.807) is 6.08 Å². The molecule has 0 spiro atoms. The summed E-state index contributed by atoms with van der Waals surface area (Å²) < 4.78 is 23.8. The van der Waals surface area contributed by atoms with Gasteiger partial charge >= 0.3 is 7.82 Å². The molecule has 0 aromatic carbocycles. The number of nitrogens with one attached hydrogen (secondary N) is 1. The Morgan fingerprint density at radius 3 is 1.05 bits per heavy atom. The number of hydrogen-bond acceptors (Lipinski definition) is 5. The highest BCUT2D eigenvalue weighted by Gasteiger charge is 2.28. The van der Waals surface area contributed by atoms with Crippen LogP contribution in [0.5, 0.6) is 0 Å². The number of phosphoric acid groups is 1. The largest absolute Gasteiger partial charge is 0.472 e. The SMILES string of the molecule is CCCCCCC/C=C\C/C=C\C/C=C\CCCCCCCCCCCCCCCCCCCCCCCCCCCCC(=O)NC(COP(=O)(O)OCC[N+](C)(C)C)C(O)/C=C/CC/C=C/CCCCCCCCCCCCCCCC. The summed E-state index contributed by atoms with van der Waals surface area (Å²) in [7, 11) is 1.57. The predicted octanol–water partition coefficient (Wildman–Crippen LogP) is 23.2. The van der Waals surface area contributed by atoms with Gasteiger partial charge in [0.05, 0.1) is 39.9 Å². The Balaban J connectivity index is 3.93. The van der Waals surface area contributed by atoms with Crippen LogP contribution in [-0.4, -0.2) is 73.4 Å². The van der Waals surface area contributed by atoms with Crippen molar-refractivity contribution in [2.24, 2.45) is 0 Å². The zero-order chi connectivity index (χ0) is 60.5. The fraction of sp³-hybridized carbons (Fsp3) is 0.851. The number of carbonyl (C=O) groups is 1. The van der Waals surface area contributed by atoms with Crippen LogP contribution in [0.4, 0.5) is 0 Å². The van der Waals surface area contributed by atoms with Gasteiger partial charge in [-0.3, -0.25) is 13.8 Å². The van der Waals surface area contributed by atoms with Crippen LogP contribution in [0.1, 0.15) is 354 Å². The van der Waals surface area contributed by atoms with Crippen molar-refractivity contribution < 1.29 is 32.9 Å². The van der Waals surface area contributed by atoms with E-state index in [-0.39, 0.29) is 19.1 Å². The molecule has 0 aliphatic heterocycles. The highest BCUT2D eigenvalue weighted by Crippen LogP contribution is 2.43. The van der Waals surface area contributed by atoms with Gasteiger partial charge in [-0.25, -0.2) is 4.57 Å². The third kappa shape index (κ3) is 67.6. The minimum atomic E-state index is -4.36. The molecule has 0 aliphatic carbocycles. The van der Waals surface area contributed by atoms with Crippen LogP contribution in [-0.2, 0) is 18.4 Å². The summed E-state index contributed by atoms with van der Waals surface area (Å²) in [6, 6.07) is -0.864. The molecule has 0 aromatic rings. The first-order valence-electron chi connectivity index (χ1n) is 36.2. The summed E-state index contributed by atoms with van der Waals surface area (Å²) in [5.74, 6) is -0.181. The zero-order valence-electron chi connectivity index (χ0n) is 55.9. The highest BCUT2D eigenvalue weighted by atomic mass is 31.2. The van der Waals surface area contributed by atoms with Crippen molar-refractivity contribution in [3.63, 3.8) is 0 Å². The normalized spacial score (nSPS) is 14.0. The number of rotatable bonds is 67. The fourth-order valence-electron chi connectivity index (χ4n) is 10.8. The number of quaternary nitrogens is 1. The van der Waals surface area contributed by atoms with E-state index in [0.29, 0.717) is 17.4 Å². The molecule has 0 radical (unpaired) electrons. The lowest BCUT2D eigenvalue weighted by Crippen LogP contribution is -2.45. The Hall–Kier alpha value is -1.80. The van der Waals surface area contributed by atoms with Gasteiger partial charge in [0.1, 0.15) is 13.2 Å². The molecular formula is C74H142N2O6P+. The van der Waals surface area contributed by atoms with E-state index in [2.05, 4.69) is 67.8 Å². The molecule has 0 heterocycles. The Morgan fingerprint density at radius 1 is 0.410 bits per heavy atom. The van der Waals surface area contributed by atoms with E-state index in [1.807, 2.05) is 27.2 Å². The number of amides is 1. The van der Waals surface area contributed by atoms with Crippen LogP contribution in [0.15, 0.2) is 60.8 Å². The number of phosphoric ester groups is 1. The first-order valence-corrected chi connectivity index (χ1v) is 37.7. The van der Waals surface area contributed by atoms with Crippen LogP contribution in [0.2, 0.25) is 0 Å². The van der Waals surface area contributed by atoms with Gasteiger partial charge in [0.25, 0.3) is 0 Å². The topological polar surface area (TPSA) is 105 Å². The first kappa shape index (κ1) is 81.2. The molecule has 8 nitrogen and oxygen atoms in total. The number of carbonyl (C=O) groups excluding carboxylic acids is 1. The molecule has 0 fully saturated rings. The standard InChI is InChI=1S/C74H141N2O6P/c1-6-8-10-12-14-16-18-20-22-24-26-28-29-30-31-32-33-34-35-36-37-38-39-40-41-42-43-44-45-46-47-48-50-52-54-56-58-60-62-64-66-68-74(78)75-72(71-82-83(79,80)81-70-69-76(3,4)5)73(77)67-65-63-61-59-57-55-53-51-49-27-25-23-21-19-17-15-13-11-9-7-2/h18,20,24,26,29-30,57,59,65,67,72-73,77H,6-17,19,21-23,25,27-28,31-56,58,60-64,66,68-71H2,1-5H3,(H-,75,78,79,80)/p+1/b20-18-,26-24-,30-29-,59-57+,67-65+. The van der Waals surface area contributed by atoms with Crippen LogP contribution < -0.4 is 5.32 Å². The van der Waals surface area contributed by atoms with Crippen LogP contribution >= 0.6 is 7.82 Å². The second-order valence-electron chi connectivity index (χ2n) is 26.0. The summed E-state index contributed by atoms with van der Waals surface area (Å²) in [5.41, 5.74) is 0. The molecule has 488 valence electrons. The molecule has 3 unspecified atom stereocenters. The summed E-state index contributed by atoms with van der Waals surface area (Å²) in [4.78, 5) is 23.4. The zero-order valence-corrected chi connectivity index (χ0v) is 56.8. The third-order valence-electron chi connectivity index (χ3n) is 16.5. The van der Waals surface area contributed by atoms with Gasteiger partial charge in [-0.05, 0) is 70.6 Å². The van der Waals surface area contributed by atoms with Crippen molar-refractivity contribution in [1.82, 2.24) is 5.32 Å². The van der Waals surface area contributed by atoms with Crippen LogP contribution in [0.3, 0.4) is 0 Å². The molecule has 9 heteroatoms. The Kier molecular flexibility index (Phi) is 63.3. The third-order valence-corrected chi connectivity index (χ3v) is 17.4. The molecule has 1 amide bonds. The van der Waals surface area contributed by atoms with E-state index >= 15 is 0 Å². The summed E-state index contributed by atoms with van der Waals surface area (Å²) >= 11 is 0. The molecular weight excluding hydrogens is 1040 g/mol. The predicted molar refractivity (Wildman–Crippen MR) is 364 cm³/mol. The maximum Gasteiger partial charge on any atom is 0.472 e. The Bertz CT molecular complexity index is 1540. The molecule has 0 aliphatic rings. The first-order chi connectivity index (χ1) is 40.5. The van der Waals surface area contributed by atoms with E-state index < -0.39 is 20.0 Å². The van der Waals surface area contributed by atoms with Crippen molar-refractivity contribution in [1.29, 1.82) is 0 Å². The van der Waals surface area contributed by atoms with Crippen molar-refractivity contribution in [3.8, 4) is 0 Å². The van der Waals surface area contributed by atoms with Gasteiger partial charge in [0.2, 0.25) is 5.91 Å². The molecule has 0 rings (SSSR count). The molecule has 0 bridgehead atoms. The van der Waals surface area contributed by atoms with E-state index in [4.69, 9.17) is 9.05 Å². The molecule has 83 heavy (non-hydrogen) atoms. The lowest BCUT2D eigenvalue weighted by molar-refractivity contribution is -0.870. The van der Waals surface area contributed by atoms with Gasteiger partial charge in [-0.2, -0.15) is 0 Å². The lowest BCUT2D eigenvalue weighted by atomic mass is 10.0. The van der Waals surface area contributed by atoms with E-state index in [0.717, 1.165) is 51.4 Å². The molecule has 3 atom stereocenters. The average Bonchev–Trinajstić information content (AvgIpc) is 3.49. The average molecular weight is 1190 g/mol. The van der Waals surface area contributed by atoms with Gasteiger partial charge in [-0.15, -0.1) is 0 Å². The number of likely N-dealkylation sites (N-methyl/N-ethyl adjacent to an activating group) is 1. The summed E-state index contributed by atoms with van der Waals surface area (Å²) in [6.45, 7) is 4.82. The van der Waals surface area contributed by atoms with E-state index in [1.165, 1.54) is 283 Å². The van der Waals surface area contributed by atoms with Gasteiger partial charge in [0, 0.05) is 6.42 Å². The Morgan fingerprint density at radius 2 is 0.699 bits per heavy atom. The molecule has 0 saturated heterocycles. The lowest BCUT2D eigenvalue weighted by Gasteiger charge is -2.25. The number of allylic oxidation sites excluding steroid dienone is 9. The van der Waals surface area contributed by atoms with Crippen LogP contribution in [0.25, 0.3) is 0 Å². The highest BCUT2D eigenvalue weighted by molar-refractivity contribution is 7.47. The Labute approximate surface area is 517 Å². The quantitative estimate of drug-likeness (QED) is 0.0243. The molecule has 0 saturated carbocycles. The number of nitrogens with zero attached hydrogens (tertiary/aromatic N) is 1. The maximum atomic E-state index is 13.0. The van der Waals surface area contributed by atoms with Crippen molar-refractivity contribution >= 4 is 13.7 Å². The minimum Gasteiger partial charge on any atom is -0.387 e. The smallest absolute Gasteiger partial charge is 0.387 e. The summed E-state index contributed by atoms with van der Waals surface area (Å²) in [6.07, 6.45) is 89.6. The summed E-state index contributed by atoms with van der Waals surface area (Å²) in [5, 5.41) is 14.0. The fourth-order valence-corrected chi connectivity index (χ4v) is 11.6. The monoisotopic (exact) mass is 1190 g/mol. The van der Waals surface area contributed by atoms with Crippen molar-refractivity contribution in [3.05, 3.63) is 60.8 Å². The van der Waals surface area contributed by atoms with Gasteiger partial charge < -0.3 is 19.8 Å². The number of unbranched alkanes of at least 4 members (excludes halogenated alkanes) is 46. The van der Waals surface area contributed by atoms with Crippen LogP contribution in [0, 0.1) is 0 Å². The van der Waals surface area contributed by atoms with Gasteiger partial charge in [-0.1, -0.05) is 338 Å². The van der Waals surface area contributed by atoms with Crippen molar-refractivity contribution in [2.75, 3.05) is 40.9 Å². The number of aliphatic hydroxyl groups is 1. The molecule has 0 aromatic heterocycles. The molecule has 3 N–H and O–H groups in total.